The van der Waals surface area contributed by atoms with Gasteiger partial charge in [0.15, 0.2) is 0 Å². The minimum Gasteiger partial charge on any atom is -0.311 e. The topological polar surface area (TPSA) is 12.0 Å². The molecule has 1 aromatic carbocycles. The number of hydrogen-bond acceptors (Lipinski definition) is 1. The first-order valence-corrected chi connectivity index (χ1v) is 7.83. The molecule has 0 heterocycles. The lowest BCUT2D eigenvalue weighted by molar-refractivity contribution is 0.199. The van der Waals surface area contributed by atoms with E-state index in [0.29, 0.717) is 17.5 Å². The largest absolute Gasteiger partial charge is 0.311 e. The Morgan fingerprint density at radius 1 is 1.26 bits per heavy atom. The van der Waals surface area contributed by atoms with Crippen LogP contribution in [0, 0.1) is 5.41 Å². The zero-order chi connectivity index (χ0) is 13.9. The molecule has 1 aliphatic carbocycles. The van der Waals surface area contributed by atoms with Crippen LogP contribution in [0.4, 0.5) is 0 Å². The predicted octanol–water partition coefficient (Wildman–Crippen LogP) is 4.83. The van der Waals surface area contributed by atoms with Crippen molar-refractivity contribution >= 4 is 11.6 Å². The highest BCUT2D eigenvalue weighted by molar-refractivity contribution is 6.31. The van der Waals surface area contributed by atoms with E-state index in [-0.39, 0.29) is 0 Å². The highest BCUT2D eigenvalue weighted by Crippen LogP contribution is 2.35. The molecule has 1 fully saturated rings. The summed E-state index contributed by atoms with van der Waals surface area (Å²) in [4.78, 5) is 0. The van der Waals surface area contributed by atoms with Gasteiger partial charge in [0.1, 0.15) is 0 Å². The van der Waals surface area contributed by atoms with E-state index in [1.54, 1.807) is 0 Å². The molecule has 0 aromatic heterocycles. The van der Waals surface area contributed by atoms with Gasteiger partial charge < -0.3 is 5.32 Å². The summed E-state index contributed by atoms with van der Waals surface area (Å²) < 4.78 is 0. The van der Waals surface area contributed by atoms with Crippen LogP contribution in [-0.2, 0) is 6.42 Å². The molecule has 1 nitrogen and oxygen atoms in total. The number of benzene rings is 1. The minimum atomic E-state index is 0.492. The first kappa shape index (κ1) is 14.9. The summed E-state index contributed by atoms with van der Waals surface area (Å²) in [7, 11) is 0. The summed E-state index contributed by atoms with van der Waals surface area (Å²) in [5.41, 5.74) is 1.80. The van der Waals surface area contributed by atoms with Gasteiger partial charge in [0, 0.05) is 17.1 Å². The van der Waals surface area contributed by atoms with Crippen molar-refractivity contribution in [2.75, 3.05) is 0 Å². The molecule has 2 rings (SSSR count). The van der Waals surface area contributed by atoms with Gasteiger partial charge in [-0.05, 0) is 56.1 Å². The van der Waals surface area contributed by atoms with Gasteiger partial charge >= 0.3 is 0 Å². The van der Waals surface area contributed by atoms with Gasteiger partial charge in [-0.2, -0.15) is 0 Å². The Kier molecular flexibility index (Phi) is 4.92. The van der Waals surface area contributed by atoms with Crippen molar-refractivity contribution in [3.8, 4) is 0 Å². The summed E-state index contributed by atoms with van der Waals surface area (Å²) in [6, 6.07) is 9.35. The molecule has 1 unspecified atom stereocenters. The molecule has 0 spiro atoms. The SMILES string of the molecule is CC(Cc1ccccc1Cl)NC1CCC(C)(C)CC1. The van der Waals surface area contributed by atoms with Crippen molar-refractivity contribution in [3.63, 3.8) is 0 Å². The van der Waals surface area contributed by atoms with Gasteiger partial charge in [0.25, 0.3) is 0 Å². The molecular formula is C17H26ClN. The second-order valence-electron chi connectivity index (χ2n) is 6.80. The maximum absolute atomic E-state index is 6.22. The Morgan fingerprint density at radius 2 is 1.89 bits per heavy atom. The lowest BCUT2D eigenvalue weighted by Gasteiger charge is -2.36. The highest BCUT2D eigenvalue weighted by atomic mass is 35.5. The highest BCUT2D eigenvalue weighted by Gasteiger charge is 2.27. The Morgan fingerprint density at radius 3 is 2.53 bits per heavy atom. The molecule has 0 bridgehead atoms. The van der Waals surface area contributed by atoms with E-state index in [1.165, 1.54) is 31.2 Å². The van der Waals surface area contributed by atoms with Crippen LogP contribution in [0.25, 0.3) is 0 Å². The van der Waals surface area contributed by atoms with Crippen LogP contribution >= 0.6 is 11.6 Å². The average molecular weight is 280 g/mol. The van der Waals surface area contributed by atoms with E-state index in [0.717, 1.165) is 11.4 Å². The van der Waals surface area contributed by atoms with E-state index in [1.807, 2.05) is 12.1 Å². The molecule has 0 amide bonds. The molecule has 1 aromatic rings. The van der Waals surface area contributed by atoms with Crippen molar-refractivity contribution in [3.05, 3.63) is 34.9 Å². The lowest BCUT2D eigenvalue weighted by atomic mass is 9.75. The number of hydrogen-bond donors (Lipinski definition) is 1. The number of halogens is 1. The Bertz CT molecular complexity index is 403. The van der Waals surface area contributed by atoms with E-state index < -0.39 is 0 Å². The fraction of sp³-hybridized carbons (Fsp3) is 0.647. The van der Waals surface area contributed by atoms with Gasteiger partial charge in [0.05, 0.1) is 0 Å². The third-order valence-corrected chi connectivity index (χ3v) is 4.71. The van der Waals surface area contributed by atoms with Crippen LogP contribution in [0.15, 0.2) is 24.3 Å². The lowest BCUT2D eigenvalue weighted by Crippen LogP contribution is -2.41. The van der Waals surface area contributed by atoms with E-state index >= 15 is 0 Å². The molecule has 0 radical (unpaired) electrons. The molecule has 0 saturated heterocycles. The van der Waals surface area contributed by atoms with Gasteiger partial charge in [-0.15, -0.1) is 0 Å². The summed E-state index contributed by atoms with van der Waals surface area (Å²) in [6.07, 6.45) is 6.30. The van der Waals surface area contributed by atoms with Crippen LogP contribution < -0.4 is 5.32 Å². The first-order chi connectivity index (χ1) is 8.96. The molecule has 1 N–H and O–H groups in total. The van der Waals surface area contributed by atoms with Crippen LogP contribution in [0.1, 0.15) is 52.0 Å². The van der Waals surface area contributed by atoms with Crippen molar-refractivity contribution in [1.82, 2.24) is 5.32 Å². The van der Waals surface area contributed by atoms with E-state index in [2.05, 4.69) is 38.2 Å². The molecule has 19 heavy (non-hydrogen) atoms. The Labute approximate surface area is 122 Å². The van der Waals surface area contributed by atoms with Crippen LogP contribution in [0.3, 0.4) is 0 Å². The van der Waals surface area contributed by atoms with Crippen LogP contribution in [0.5, 0.6) is 0 Å². The van der Waals surface area contributed by atoms with Gasteiger partial charge in [-0.3, -0.25) is 0 Å². The quantitative estimate of drug-likeness (QED) is 0.832. The molecule has 0 aliphatic heterocycles. The van der Waals surface area contributed by atoms with E-state index in [9.17, 15) is 0 Å². The summed E-state index contributed by atoms with van der Waals surface area (Å²) in [6.45, 7) is 7.04. The molecule has 106 valence electrons. The summed E-state index contributed by atoms with van der Waals surface area (Å²) in [5, 5.41) is 4.66. The third kappa shape index (κ3) is 4.50. The minimum absolute atomic E-state index is 0.492. The van der Waals surface area contributed by atoms with Gasteiger partial charge in [-0.1, -0.05) is 43.6 Å². The van der Waals surface area contributed by atoms with Crippen LogP contribution in [0.2, 0.25) is 5.02 Å². The fourth-order valence-electron chi connectivity index (χ4n) is 3.02. The Hall–Kier alpha value is -0.530. The maximum Gasteiger partial charge on any atom is 0.0438 e. The second kappa shape index (κ2) is 6.28. The molecule has 2 heteroatoms. The molecule has 1 atom stereocenters. The normalized spacial score (nSPS) is 21.3. The van der Waals surface area contributed by atoms with E-state index in [4.69, 9.17) is 11.6 Å². The van der Waals surface area contributed by atoms with Crippen molar-refractivity contribution in [2.24, 2.45) is 5.41 Å². The van der Waals surface area contributed by atoms with Crippen molar-refractivity contribution in [2.45, 2.75) is 65.0 Å². The fourth-order valence-corrected chi connectivity index (χ4v) is 3.23. The monoisotopic (exact) mass is 279 g/mol. The average Bonchev–Trinajstić information content (AvgIpc) is 2.35. The molecule has 1 aliphatic rings. The standard InChI is InChI=1S/C17H26ClN/c1-13(12-14-6-4-5-7-16(14)18)19-15-8-10-17(2,3)11-9-15/h4-7,13,15,19H,8-12H2,1-3H3. The summed E-state index contributed by atoms with van der Waals surface area (Å²) in [5.74, 6) is 0. The predicted molar refractivity (Wildman–Crippen MR) is 83.8 cm³/mol. The number of rotatable bonds is 4. The van der Waals surface area contributed by atoms with Gasteiger partial charge in [-0.25, -0.2) is 0 Å². The first-order valence-electron chi connectivity index (χ1n) is 7.46. The second-order valence-corrected chi connectivity index (χ2v) is 7.21. The number of nitrogens with one attached hydrogen (secondary N) is 1. The van der Waals surface area contributed by atoms with Gasteiger partial charge in [0.2, 0.25) is 0 Å². The van der Waals surface area contributed by atoms with Crippen molar-refractivity contribution in [1.29, 1.82) is 0 Å². The molecular weight excluding hydrogens is 254 g/mol. The summed E-state index contributed by atoms with van der Waals surface area (Å²) >= 11 is 6.22. The maximum atomic E-state index is 6.22. The Balaban J connectivity index is 1.82. The zero-order valence-electron chi connectivity index (χ0n) is 12.4. The smallest absolute Gasteiger partial charge is 0.0438 e. The zero-order valence-corrected chi connectivity index (χ0v) is 13.1. The van der Waals surface area contributed by atoms with Crippen LogP contribution in [-0.4, -0.2) is 12.1 Å². The molecule has 1 saturated carbocycles. The third-order valence-electron chi connectivity index (χ3n) is 4.34. The van der Waals surface area contributed by atoms with Crippen molar-refractivity contribution < 1.29 is 0 Å².